The summed E-state index contributed by atoms with van der Waals surface area (Å²) in [5.41, 5.74) is -1.45. The summed E-state index contributed by atoms with van der Waals surface area (Å²) in [5.74, 6) is 0. The van der Waals surface area contributed by atoms with Gasteiger partial charge in [0.2, 0.25) is 0 Å². The largest absolute Gasteiger partial charge is 0.357 e. The van der Waals surface area contributed by atoms with Crippen LogP contribution in [0, 0.1) is 10.1 Å². The van der Waals surface area contributed by atoms with Gasteiger partial charge in [-0.2, -0.15) is 0 Å². The quantitative estimate of drug-likeness (QED) is 0.674. The number of aromatic amines is 1. The van der Waals surface area contributed by atoms with Crippen LogP contribution in [0.4, 0.5) is 5.69 Å². The Kier molecular flexibility index (Phi) is 4.67. The van der Waals surface area contributed by atoms with E-state index in [1.54, 1.807) is 6.08 Å². The highest BCUT2D eigenvalue weighted by Gasteiger charge is 2.22. The summed E-state index contributed by atoms with van der Waals surface area (Å²) in [6, 6.07) is 9.13. The number of hydrogen-bond acceptors (Lipinski definition) is 4. The Morgan fingerprint density at radius 3 is 2.50 bits per heavy atom. The molecule has 0 saturated heterocycles. The van der Waals surface area contributed by atoms with Crippen LogP contribution in [0.3, 0.4) is 0 Å². The summed E-state index contributed by atoms with van der Waals surface area (Å²) in [7, 11) is 0. The molecule has 22 heavy (non-hydrogen) atoms. The Morgan fingerprint density at radius 2 is 1.91 bits per heavy atom. The van der Waals surface area contributed by atoms with Crippen LogP contribution < -0.4 is 11.2 Å². The van der Waals surface area contributed by atoms with Gasteiger partial charge in [0.25, 0.3) is 0 Å². The molecule has 1 aromatic heterocycles. The molecule has 2 aromatic rings. The zero-order chi connectivity index (χ0) is 16.1. The Balaban J connectivity index is 2.65. The first-order valence-corrected chi connectivity index (χ1v) is 6.79. The number of H-pyrrole nitrogens is 1. The lowest BCUT2D eigenvalue weighted by Gasteiger charge is -2.08. The maximum atomic E-state index is 11.9. The predicted molar refractivity (Wildman–Crippen MR) is 83.6 cm³/mol. The third kappa shape index (κ3) is 3.20. The Labute approximate surface area is 125 Å². The Hall–Kier alpha value is -2.96. The maximum Gasteiger partial charge on any atom is 0.357 e. The van der Waals surface area contributed by atoms with Crippen LogP contribution in [0.25, 0.3) is 12.2 Å². The van der Waals surface area contributed by atoms with E-state index in [1.807, 2.05) is 42.2 Å². The number of aromatic nitrogens is 2. The molecular formula is C15H15N3O4. The average Bonchev–Trinajstić information content (AvgIpc) is 2.48. The first kappa shape index (κ1) is 15.4. The molecule has 0 spiro atoms. The van der Waals surface area contributed by atoms with Crippen molar-refractivity contribution in [3.05, 3.63) is 72.5 Å². The molecule has 0 aliphatic heterocycles. The minimum Gasteiger partial charge on any atom is -0.288 e. The van der Waals surface area contributed by atoms with Gasteiger partial charge in [0.05, 0.1) is 4.92 Å². The van der Waals surface area contributed by atoms with Gasteiger partial charge in [0.15, 0.2) is 0 Å². The highest BCUT2D eigenvalue weighted by molar-refractivity contribution is 5.71. The zero-order valence-electron chi connectivity index (χ0n) is 12.0. The fourth-order valence-electron chi connectivity index (χ4n) is 2.11. The average molecular weight is 301 g/mol. The monoisotopic (exact) mass is 301 g/mol. The number of hydrogen-bond donors (Lipinski definition) is 1. The lowest BCUT2D eigenvalue weighted by Crippen LogP contribution is -2.33. The van der Waals surface area contributed by atoms with Gasteiger partial charge in [-0.05, 0) is 18.1 Å². The first-order valence-electron chi connectivity index (χ1n) is 6.79. The van der Waals surface area contributed by atoms with Crippen molar-refractivity contribution in [1.82, 2.24) is 9.55 Å². The van der Waals surface area contributed by atoms with Crippen molar-refractivity contribution in [3.63, 3.8) is 0 Å². The van der Waals surface area contributed by atoms with E-state index in [0.717, 1.165) is 5.56 Å². The first-order chi connectivity index (χ1) is 10.5. The molecule has 7 heteroatoms. The van der Waals surface area contributed by atoms with Crippen LogP contribution >= 0.6 is 0 Å². The third-order valence-corrected chi connectivity index (χ3v) is 3.08. The number of rotatable bonds is 5. The van der Waals surface area contributed by atoms with E-state index < -0.39 is 21.9 Å². The van der Waals surface area contributed by atoms with Gasteiger partial charge in [-0.25, -0.2) is 4.79 Å². The summed E-state index contributed by atoms with van der Waals surface area (Å²) < 4.78 is 1.21. The molecule has 0 aliphatic carbocycles. The molecule has 0 atom stereocenters. The molecule has 0 unspecified atom stereocenters. The normalized spacial score (nSPS) is 11.0. The minimum atomic E-state index is -0.991. The molecule has 0 amide bonds. The summed E-state index contributed by atoms with van der Waals surface area (Å²) >= 11 is 0. The van der Waals surface area contributed by atoms with Gasteiger partial charge in [-0.15, -0.1) is 0 Å². The summed E-state index contributed by atoms with van der Waals surface area (Å²) in [6.07, 6.45) is 3.67. The molecule has 1 heterocycles. The minimum absolute atomic E-state index is 0.00412. The fraction of sp³-hybridized carbons (Fsp3) is 0.200. The van der Waals surface area contributed by atoms with Crippen molar-refractivity contribution in [2.45, 2.75) is 19.9 Å². The molecule has 1 N–H and O–H groups in total. The molecule has 114 valence electrons. The summed E-state index contributed by atoms with van der Waals surface area (Å²) in [6.45, 7) is 2.12. The van der Waals surface area contributed by atoms with Crippen LogP contribution in [-0.4, -0.2) is 14.5 Å². The lowest BCUT2D eigenvalue weighted by molar-refractivity contribution is -0.387. The van der Waals surface area contributed by atoms with Gasteiger partial charge >= 0.3 is 16.9 Å². The predicted octanol–water partition coefficient (Wildman–Crippen LogP) is 2.03. The van der Waals surface area contributed by atoms with Crippen molar-refractivity contribution in [1.29, 1.82) is 0 Å². The van der Waals surface area contributed by atoms with E-state index in [9.17, 15) is 19.7 Å². The van der Waals surface area contributed by atoms with Crippen molar-refractivity contribution >= 4 is 17.8 Å². The second-order valence-electron chi connectivity index (χ2n) is 4.65. The third-order valence-electron chi connectivity index (χ3n) is 3.08. The van der Waals surface area contributed by atoms with E-state index in [1.165, 1.54) is 10.6 Å². The molecule has 2 rings (SSSR count). The highest BCUT2D eigenvalue weighted by atomic mass is 16.6. The Morgan fingerprint density at radius 1 is 1.23 bits per heavy atom. The fourth-order valence-corrected chi connectivity index (χ4v) is 2.11. The number of nitrogens with zero attached hydrogens (tertiary/aromatic N) is 2. The highest BCUT2D eigenvalue weighted by Crippen LogP contribution is 2.15. The number of nitro groups is 1. The van der Waals surface area contributed by atoms with Gasteiger partial charge in [-0.3, -0.25) is 24.5 Å². The van der Waals surface area contributed by atoms with Crippen LogP contribution in [0.5, 0.6) is 0 Å². The standard InChI is InChI=1S/C15H15N3O4/c1-2-10-17-12(9-8-11-6-4-3-5-7-11)13(18(21)22)14(19)16-15(17)20/h3-9H,2,10H2,1H3,(H,16,19,20). The summed E-state index contributed by atoms with van der Waals surface area (Å²) in [4.78, 5) is 36.0. The molecule has 7 nitrogen and oxygen atoms in total. The maximum absolute atomic E-state index is 11.9. The number of nitrogens with one attached hydrogen (secondary N) is 1. The molecule has 0 radical (unpaired) electrons. The van der Waals surface area contributed by atoms with Gasteiger partial charge in [-0.1, -0.05) is 43.3 Å². The van der Waals surface area contributed by atoms with E-state index >= 15 is 0 Å². The molecule has 0 saturated carbocycles. The van der Waals surface area contributed by atoms with Crippen molar-refractivity contribution in [2.24, 2.45) is 0 Å². The second kappa shape index (κ2) is 6.66. The molecule has 0 fully saturated rings. The smallest absolute Gasteiger partial charge is 0.288 e. The molecule has 0 bridgehead atoms. The van der Waals surface area contributed by atoms with Crippen molar-refractivity contribution < 1.29 is 4.92 Å². The van der Waals surface area contributed by atoms with E-state index in [2.05, 4.69) is 0 Å². The summed E-state index contributed by atoms with van der Waals surface area (Å²) in [5, 5.41) is 11.2. The molecular weight excluding hydrogens is 286 g/mol. The topological polar surface area (TPSA) is 98.0 Å². The van der Waals surface area contributed by atoms with Gasteiger partial charge < -0.3 is 0 Å². The number of benzene rings is 1. The van der Waals surface area contributed by atoms with Crippen LogP contribution in [0.1, 0.15) is 24.6 Å². The second-order valence-corrected chi connectivity index (χ2v) is 4.65. The van der Waals surface area contributed by atoms with E-state index in [-0.39, 0.29) is 12.2 Å². The van der Waals surface area contributed by atoms with Gasteiger partial charge in [0.1, 0.15) is 5.69 Å². The van der Waals surface area contributed by atoms with E-state index in [0.29, 0.717) is 6.42 Å². The van der Waals surface area contributed by atoms with Crippen LogP contribution in [0.2, 0.25) is 0 Å². The van der Waals surface area contributed by atoms with Crippen molar-refractivity contribution in [3.8, 4) is 0 Å². The SMILES string of the molecule is CCCn1c(C=Cc2ccccc2)c([N+](=O)[O-])c(=O)[nH]c1=O. The molecule has 1 aromatic carbocycles. The van der Waals surface area contributed by atoms with E-state index in [4.69, 9.17) is 0 Å². The zero-order valence-corrected chi connectivity index (χ0v) is 12.0. The van der Waals surface area contributed by atoms with Gasteiger partial charge in [0, 0.05) is 6.54 Å². The van der Waals surface area contributed by atoms with Crippen LogP contribution in [-0.2, 0) is 6.54 Å². The van der Waals surface area contributed by atoms with Crippen molar-refractivity contribution in [2.75, 3.05) is 0 Å². The van der Waals surface area contributed by atoms with Crippen LogP contribution in [0.15, 0.2) is 39.9 Å². The lowest BCUT2D eigenvalue weighted by atomic mass is 10.2. The molecule has 0 aliphatic rings. The Bertz CT molecular complexity index is 819.